The highest BCUT2D eigenvalue weighted by molar-refractivity contribution is 8.00. The van der Waals surface area contributed by atoms with Crippen LogP contribution in [-0.2, 0) is 0 Å². The topological polar surface area (TPSA) is 51.2 Å². The Balaban J connectivity index is 1.48. The van der Waals surface area contributed by atoms with Crippen LogP contribution in [-0.4, -0.2) is 29.0 Å². The molecule has 2 aliphatic rings. The lowest BCUT2D eigenvalue weighted by Gasteiger charge is -2.30. The Morgan fingerprint density at radius 3 is 2.62 bits per heavy atom. The summed E-state index contributed by atoms with van der Waals surface area (Å²) in [5, 5.41) is 3.53. The van der Waals surface area contributed by atoms with Crippen LogP contribution in [0.2, 0.25) is 0 Å². The molecule has 188 valence electrons. The van der Waals surface area contributed by atoms with Gasteiger partial charge in [-0.25, -0.2) is 17.6 Å². The standard InChI is InChI=1S/C28H20F4N2O2S/c29-15-9-18(26(32)21(31)10-15)25-20(30)6-5-17-24(14-12-37-13-14)19(11-33-27(17)25)28(35)34-22-7-8-36-23-4-2-1-3-16(22)23/h1-6,9-11,14,22H,7-8,12-13H2,(H,34,35)/t22-/m0/s1. The van der Waals surface area contributed by atoms with Crippen LogP contribution < -0.4 is 10.1 Å². The summed E-state index contributed by atoms with van der Waals surface area (Å²) >= 11 is 1.70. The van der Waals surface area contributed by atoms with Crippen LogP contribution in [0.1, 0.15) is 39.9 Å². The number of pyridine rings is 1. The molecule has 0 radical (unpaired) electrons. The van der Waals surface area contributed by atoms with E-state index in [-0.39, 0.29) is 28.9 Å². The Morgan fingerprint density at radius 2 is 1.84 bits per heavy atom. The summed E-state index contributed by atoms with van der Waals surface area (Å²) in [6, 6.07) is 11.0. The number of para-hydroxylation sites is 1. The third-order valence-electron chi connectivity index (χ3n) is 6.85. The molecule has 0 aliphatic carbocycles. The maximum Gasteiger partial charge on any atom is 0.253 e. The largest absolute Gasteiger partial charge is 0.493 e. The number of amides is 1. The molecule has 1 fully saturated rings. The number of nitrogens with zero attached hydrogens (tertiary/aromatic N) is 1. The van der Waals surface area contributed by atoms with Crippen LogP contribution in [0.15, 0.2) is 54.7 Å². The van der Waals surface area contributed by atoms with Crippen molar-refractivity contribution in [2.24, 2.45) is 0 Å². The van der Waals surface area contributed by atoms with Crippen molar-refractivity contribution in [2.45, 2.75) is 18.4 Å². The van der Waals surface area contributed by atoms with Gasteiger partial charge in [0.2, 0.25) is 0 Å². The Morgan fingerprint density at radius 1 is 1.03 bits per heavy atom. The zero-order valence-corrected chi connectivity index (χ0v) is 20.2. The molecule has 0 bridgehead atoms. The lowest BCUT2D eigenvalue weighted by atomic mass is 9.90. The second kappa shape index (κ2) is 9.37. The summed E-state index contributed by atoms with van der Waals surface area (Å²) < 4.78 is 63.4. The molecule has 4 nitrogen and oxygen atoms in total. The van der Waals surface area contributed by atoms with Crippen LogP contribution in [0.25, 0.3) is 22.0 Å². The van der Waals surface area contributed by atoms with Gasteiger partial charge in [0, 0.05) is 58.2 Å². The van der Waals surface area contributed by atoms with Gasteiger partial charge in [-0.1, -0.05) is 18.2 Å². The molecule has 0 unspecified atom stereocenters. The number of halogens is 4. The van der Waals surface area contributed by atoms with Crippen molar-refractivity contribution >= 4 is 28.6 Å². The predicted octanol–water partition coefficient (Wildman–Crippen LogP) is 6.54. The maximum absolute atomic E-state index is 15.0. The van der Waals surface area contributed by atoms with Crippen molar-refractivity contribution in [1.82, 2.24) is 10.3 Å². The molecule has 3 heterocycles. The zero-order chi connectivity index (χ0) is 25.7. The lowest BCUT2D eigenvalue weighted by Crippen LogP contribution is -2.33. The number of fused-ring (bicyclic) bond motifs is 2. The molecule has 1 aromatic heterocycles. The van der Waals surface area contributed by atoms with Gasteiger partial charge in [0.05, 0.1) is 23.7 Å². The van der Waals surface area contributed by atoms with E-state index in [0.29, 0.717) is 35.6 Å². The smallest absolute Gasteiger partial charge is 0.253 e. The second-order valence-corrected chi connectivity index (χ2v) is 10.2. The Kier molecular flexibility index (Phi) is 6.03. The second-order valence-electron chi connectivity index (χ2n) is 9.09. The highest BCUT2D eigenvalue weighted by Gasteiger charge is 2.31. The lowest BCUT2D eigenvalue weighted by molar-refractivity contribution is 0.0923. The first-order valence-electron chi connectivity index (χ1n) is 11.8. The summed E-state index contributed by atoms with van der Waals surface area (Å²) in [6.07, 6.45) is 1.94. The van der Waals surface area contributed by atoms with Crippen LogP contribution in [0.3, 0.4) is 0 Å². The maximum atomic E-state index is 15.0. The average molecular weight is 525 g/mol. The number of thioether (sulfide) groups is 1. The fourth-order valence-electron chi connectivity index (χ4n) is 5.01. The summed E-state index contributed by atoms with van der Waals surface area (Å²) in [7, 11) is 0. The molecule has 0 spiro atoms. The molecule has 2 aliphatic heterocycles. The van der Waals surface area contributed by atoms with Gasteiger partial charge in [0.25, 0.3) is 5.91 Å². The van der Waals surface area contributed by atoms with Crippen molar-refractivity contribution in [3.63, 3.8) is 0 Å². The number of hydrogen-bond donors (Lipinski definition) is 1. The minimum Gasteiger partial charge on any atom is -0.493 e. The number of benzene rings is 3. The highest BCUT2D eigenvalue weighted by atomic mass is 32.2. The first-order chi connectivity index (χ1) is 17.9. The molecule has 4 aromatic rings. The number of nitrogens with one attached hydrogen (secondary N) is 1. The molecule has 1 atom stereocenters. The van der Waals surface area contributed by atoms with Crippen molar-refractivity contribution in [3.8, 4) is 16.9 Å². The molecule has 1 amide bonds. The fraction of sp³-hybridized carbons (Fsp3) is 0.214. The van der Waals surface area contributed by atoms with Crippen molar-refractivity contribution < 1.29 is 27.1 Å². The predicted molar refractivity (Wildman–Crippen MR) is 134 cm³/mol. The van der Waals surface area contributed by atoms with Gasteiger partial charge in [-0.15, -0.1) is 0 Å². The van der Waals surface area contributed by atoms with E-state index in [0.717, 1.165) is 35.0 Å². The summed E-state index contributed by atoms with van der Waals surface area (Å²) in [5.74, 6) is -2.82. The van der Waals surface area contributed by atoms with Crippen LogP contribution in [0, 0.1) is 23.3 Å². The molecule has 0 saturated carbocycles. The van der Waals surface area contributed by atoms with Gasteiger partial charge in [0.1, 0.15) is 17.4 Å². The van der Waals surface area contributed by atoms with Gasteiger partial charge in [-0.2, -0.15) is 11.8 Å². The van der Waals surface area contributed by atoms with Crippen LogP contribution >= 0.6 is 11.8 Å². The van der Waals surface area contributed by atoms with Gasteiger partial charge in [-0.05, 0) is 29.8 Å². The first-order valence-corrected chi connectivity index (χ1v) is 12.9. The Bertz CT molecular complexity index is 1560. The third kappa shape index (κ3) is 4.11. The van der Waals surface area contributed by atoms with E-state index in [1.54, 1.807) is 11.8 Å². The highest BCUT2D eigenvalue weighted by Crippen LogP contribution is 2.42. The normalized spacial score (nSPS) is 17.1. The molecule has 9 heteroatoms. The van der Waals surface area contributed by atoms with E-state index in [1.165, 1.54) is 12.3 Å². The van der Waals surface area contributed by atoms with Crippen LogP contribution in [0.4, 0.5) is 17.6 Å². The fourth-order valence-corrected chi connectivity index (χ4v) is 5.81. The Labute approximate surface area is 214 Å². The SMILES string of the molecule is O=C(N[C@H]1CCOc2ccccc21)c1cnc2c(-c3cc(F)cc(F)c3F)c(F)ccc2c1C1CSC1. The van der Waals surface area contributed by atoms with Gasteiger partial charge >= 0.3 is 0 Å². The van der Waals surface area contributed by atoms with E-state index < -0.39 is 28.8 Å². The van der Waals surface area contributed by atoms with Crippen molar-refractivity contribution in [3.05, 3.63) is 94.7 Å². The average Bonchev–Trinajstić information content (AvgIpc) is 2.85. The van der Waals surface area contributed by atoms with E-state index in [4.69, 9.17) is 4.74 Å². The molecule has 1 N–H and O–H groups in total. The molecule has 6 rings (SSSR count). The van der Waals surface area contributed by atoms with Crippen LogP contribution in [0.5, 0.6) is 5.75 Å². The van der Waals surface area contributed by atoms with E-state index in [9.17, 15) is 18.0 Å². The first kappa shape index (κ1) is 23.8. The number of rotatable bonds is 4. The third-order valence-corrected chi connectivity index (χ3v) is 8.12. The van der Waals surface area contributed by atoms with E-state index in [2.05, 4.69) is 10.3 Å². The monoisotopic (exact) mass is 524 g/mol. The number of aromatic nitrogens is 1. The quantitative estimate of drug-likeness (QED) is 0.243. The molecule has 1 saturated heterocycles. The minimum atomic E-state index is -1.42. The van der Waals surface area contributed by atoms with Gasteiger partial charge in [-0.3, -0.25) is 9.78 Å². The molecular formula is C28H20F4N2O2S. The number of carbonyl (C=O) groups excluding carboxylic acids is 1. The summed E-state index contributed by atoms with van der Waals surface area (Å²) in [5.41, 5.74) is 1.03. The number of hydrogen-bond acceptors (Lipinski definition) is 4. The van der Waals surface area contributed by atoms with Gasteiger partial charge in [0.15, 0.2) is 11.6 Å². The minimum absolute atomic E-state index is 0.00868. The number of ether oxygens (including phenoxy) is 1. The van der Waals surface area contributed by atoms with E-state index >= 15 is 4.39 Å². The van der Waals surface area contributed by atoms with Crippen molar-refractivity contribution in [2.75, 3.05) is 18.1 Å². The number of carbonyl (C=O) groups is 1. The summed E-state index contributed by atoms with van der Waals surface area (Å²) in [4.78, 5) is 17.9. The zero-order valence-electron chi connectivity index (χ0n) is 19.4. The summed E-state index contributed by atoms with van der Waals surface area (Å²) in [6.45, 7) is 0.461. The Hall–Kier alpha value is -3.59. The van der Waals surface area contributed by atoms with Crippen molar-refractivity contribution in [1.29, 1.82) is 0 Å². The molecule has 3 aromatic carbocycles. The molecular weight excluding hydrogens is 504 g/mol. The van der Waals surface area contributed by atoms with Gasteiger partial charge < -0.3 is 10.1 Å². The molecule has 37 heavy (non-hydrogen) atoms. The van der Waals surface area contributed by atoms with E-state index in [1.807, 2.05) is 24.3 Å².